The van der Waals surface area contributed by atoms with Crippen LogP contribution >= 0.6 is 0 Å². The van der Waals surface area contributed by atoms with Crippen LogP contribution in [0.1, 0.15) is 61.0 Å². The van der Waals surface area contributed by atoms with E-state index < -0.39 is 47.6 Å². The Kier molecular flexibility index (Phi) is 8.83. The second-order valence-corrected chi connectivity index (χ2v) is 9.95. The first-order valence-corrected chi connectivity index (χ1v) is 12.0. The van der Waals surface area contributed by atoms with Crippen molar-refractivity contribution in [3.8, 4) is 0 Å². The SMILES string of the molecule is COC(=O)c1cccc(C2CCCN(C(=O)CN(Cc3ccc(F)cc3F)C(=O)OC(C)(C)C)C2)c1F. The largest absolute Gasteiger partial charge is 0.465 e. The summed E-state index contributed by atoms with van der Waals surface area (Å²) in [6, 6.07) is 7.46. The number of rotatable bonds is 6. The zero-order valence-electron chi connectivity index (χ0n) is 21.4. The minimum atomic E-state index is -0.863. The number of ether oxygens (including phenoxy) is 2. The summed E-state index contributed by atoms with van der Waals surface area (Å²) in [5.41, 5.74) is -0.713. The quantitative estimate of drug-likeness (QED) is 0.500. The van der Waals surface area contributed by atoms with E-state index in [4.69, 9.17) is 4.74 Å². The van der Waals surface area contributed by atoms with Gasteiger partial charge in [-0.05, 0) is 51.3 Å². The number of hydrogen-bond donors (Lipinski definition) is 0. The number of benzene rings is 2. The van der Waals surface area contributed by atoms with Crippen LogP contribution in [0.2, 0.25) is 0 Å². The Hall–Kier alpha value is -3.56. The lowest BCUT2D eigenvalue weighted by Crippen LogP contribution is -2.47. The number of hydrogen-bond acceptors (Lipinski definition) is 5. The van der Waals surface area contributed by atoms with E-state index in [1.54, 1.807) is 32.9 Å². The van der Waals surface area contributed by atoms with Crippen LogP contribution in [-0.2, 0) is 20.8 Å². The molecule has 1 aliphatic heterocycles. The molecule has 0 bridgehead atoms. The summed E-state index contributed by atoms with van der Waals surface area (Å²) in [5, 5.41) is 0. The number of carbonyl (C=O) groups excluding carboxylic acids is 3. The van der Waals surface area contributed by atoms with Crippen LogP contribution < -0.4 is 0 Å². The van der Waals surface area contributed by atoms with E-state index in [0.717, 1.165) is 11.0 Å². The number of likely N-dealkylation sites (tertiary alicyclic amines) is 1. The van der Waals surface area contributed by atoms with Crippen LogP contribution in [0.15, 0.2) is 36.4 Å². The summed E-state index contributed by atoms with van der Waals surface area (Å²) >= 11 is 0. The minimum absolute atomic E-state index is 0.0262. The Morgan fingerprint density at radius 1 is 1.11 bits per heavy atom. The van der Waals surface area contributed by atoms with E-state index in [9.17, 15) is 23.2 Å². The van der Waals surface area contributed by atoms with Gasteiger partial charge in [-0.3, -0.25) is 9.69 Å². The average Bonchev–Trinajstić information content (AvgIpc) is 2.83. The van der Waals surface area contributed by atoms with Gasteiger partial charge in [0.25, 0.3) is 0 Å². The first-order chi connectivity index (χ1) is 17.4. The molecule has 0 N–H and O–H groups in total. The molecule has 1 unspecified atom stereocenters. The van der Waals surface area contributed by atoms with Gasteiger partial charge in [0.05, 0.1) is 19.2 Å². The maximum atomic E-state index is 15.1. The normalized spacial score (nSPS) is 15.8. The molecule has 1 aliphatic rings. The molecule has 2 aromatic rings. The predicted octanol–water partition coefficient (Wildman–Crippen LogP) is 5.03. The highest BCUT2D eigenvalue weighted by molar-refractivity contribution is 5.90. The number of amides is 2. The molecule has 0 spiro atoms. The lowest BCUT2D eigenvalue weighted by Gasteiger charge is -2.35. The van der Waals surface area contributed by atoms with Crippen molar-refractivity contribution in [1.82, 2.24) is 9.80 Å². The van der Waals surface area contributed by atoms with Gasteiger partial charge in [-0.15, -0.1) is 0 Å². The minimum Gasteiger partial charge on any atom is -0.465 e. The van der Waals surface area contributed by atoms with Crippen molar-refractivity contribution < 1.29 is 37.0 Å². The van der Waals surface area contributed by atoms with Crippen molar-refractivity contribution in [2.24, 2.45) is 0 Å². The standard InChI is InChI=1S/C27H31F3N2O5/c1-27(2,3)37-26(35)32(15-18-10-11-19(28)13-22(18)29)16-23(33)31-12-6-7-17(14-31)20-8-5-9-21(24(20)30)25(34)36-4/h5,8-11,13,17H,6-7,12,14-16H2,1-4H3. The third-order valence-corrected chi connectivity index (χ3v) is 6.00. The fraction of sp³-hybridized carbons (Fsp3) is 0.444. The smallest absolute Gasteiger partial charge is 0.411 e. The molecule has 7 nitrogen and oxygen atoms in total. The molecule has 2 aromatic carbocycles. The Labute approximate surface area is 214 Å². The van der Waals surface area contributed by atoms with Crippen LogP contribution in [0, 0.1) is 17.5 Å². The summed E-state index contributed by atoms with van der Waals surface area (Å²) in [6.07, 6.45) is 0.356. The first kappa shape index (κ1) is 28.0. The Morgan fingerprint density at radius 2 is 1.84 bits per heavy atom. The Balaban J connectivity index is 1.79. The highest BCUT2D eigenvalue weighted by Gasteiger charge is 2.31. The van der Waals surface area contributed by atoms with Gasteiger partial charge in [0.15, 0.2) is 0 Å². The molecule has 0 saturated carbocycles. The van der Waals surface area contributed by atoms with Gasteiger partial charge in [-0.2, -0.15) is 0 Å². The highest BCUT2D eigenvalue weighted by atomic mass is 19.1. The number of piperidine rings is 1. The first-order valence-electron chi connectivity index (χ1n) is 12.0. The molecule has 1 saturated heterocycles. The predicted molar refractivity (Wildman–Crippen MR) is 129 cm³/mol. The van der Waals surface area contributed by atoms with Crippen LogP contribution in [0.3, 0.4) is 0 Å². The maximum absolute atomic E-state index is 15.1. The van der Waals surface area contributed by atoms with E-state index in [1.165, 1.54) is 24.1 Å². The lowest BCUT2D eigenvalue weighted by atomic mass is 9.89. The summed E-state index contributed by atoms with van der Waals surface area (Å²) in [4.78, 5) is 40.6. The lowest BCUT2D eigenvalue weighted by molar-refractivity contribution is -0.133. The Morgan fingerprint density at radius 3 is 2.49 bits per heavy atom. The van der Waals surface area contributed by atoms with Gasteiger partial charge >= 0.3 is 12.1 Å². The van der Waals surface area contributed by atoms with Crippen molar-refractivity contribution in [2.45, 2.75) is 51.7 Å². The van der Waals surface area contributed by atoms with Crippen molar-refractivity contribution in [1.29, 1.82) is 0 Å². The van der Waals surface area contributed by atoms with Crippen LogP contribution in [0.5, 0.6) is 0 Å². The Bertz CT molecular complexity index is 1170. The average molecular weight is 521 g/mol. The summed E-state index contributed by atoms with van der Waals surface area (Å²) in [6.45, 7) is 4.83. The fourth-order valence-electron chi connectivity index (χ4n) is 4.22. The number of halogens is 3. The molecule has 200 valence electrons. The van der Waals surface area contributed by atoms with E-state index in [-0.39, 0.29) is 30.1 Å². The number of carbonyl (C=O) groups is 3. The third kappa shape index (κ3) is 7.24. The highest BCUT2D eigenvalue weighted by Crippen LogP contribution is 2.30. The zero-order chi connectivity index (χ0) is 27.3. The van der Waals surface area contributed by atoms with E-state index in [0.29, 0.717) is 31.0 Å². The van der Waals surface area contributed by atoms with Crippen LogP contribution in [0.25, 0.3) is 0 Å². The fourth-order valence-corrected chi connectivity index (χ4v) is 4.22. The molecule has 0 aliphatic carbocycles. The molecule has 0 aromatic heterocycles. The number of methoxy groups -OCH3 is 1. The molecule has 10 heteroatoms. The van der Waals surface area contributed by atoms with E-state index in [1.807, 2.05) is 0 Å². The van der Waals surface area contributed by atoms with Gasteiger partial charge in [-0.1, -0.05) is 18.2 Å². The number of nitrogens with zero attached hydrogens (tertiary/aromatic N) is 2. The molecule has 1 heterocycles. The topological polar surface area (TPSA) is 76.2 Å². The molecule has 1 atom stereocenters. The molecular weight excluding hydrogens is 489 g/mol. The van der Waals surface area contributed by atoms with Gasteiger partial charge in [0, 0.05) is 30.6 Å². The number of esters is 1. The summed E-state index contributed by atoms with van der Waals surface area (Å²) < 4.78 is 52.8. The molecule has 3 rings (SSSR count). The van der Waals surface area contributed by atoms with Gasteiger partial charge < -0.3 is 14.4 Å². The van der Waals surface area contributed by atoms with Crippen molar-refractivity contribution in [3.63, 3.8) is 0 Å². The summed E-state index contributed by atoms with van der Waals surface area (Å²) in [7, 11) is 1.17. The van der Waals surface area contributed by atoms with Gasteiger partial charge in [-0.25, -0.2) is 22.8 Å². The maximum Gasteiger partial charge on any atom is 0.411 e. The molecule has 2 amide bonds. The molecule has 0 radical (unpaired) electrons. The summed E-state index contributed by atoms with van der Waals surface area (Å²) in [5.74, 6) is -3.88. The monoisotopic (exact) mass is 520 g/mol. The molecular formula is C27H31F3N2O5. The second-order valence-electron chi connectivity index (χ2n) is 9.95. The van der Waals surface area contributed by atoms with E-state index in [2.05, 4.69) is 4.74 Å². The zero-order valence-corrected chi connectivity index (χ0v) is 21.4. The van der Waals surface area contributed by atoms with Gasteiger partial charge in [0.2, 0.25) is 5.91 Å². The second kappa shape index (κ2) is 11.7. The molecule has 1 fully saturated rings. The van der Waals surface area contributed by atoms with Crippen LogP contribution in [-0.4, -0.2) is 60.1 Å². The third-order valence-electron chi connectivity index (χ3n) is 6.00. The molecule has 37 heavy (non-hydrogen) atoms. The van der Waals surface area contributed by atoms with Crippen LogP contribution in [0.4, 0.5) is 18.0 Å². The van der Waals surface area contributed by atoms with Gasteiger partial charge in [0.1, 0.15) is 29.6 Å². The van der Waals surface area contributed by atoms with Crippen molar-refractivity contribution >= 4 is 18.0 Å². The van der Waals surface area contributed by atoms with Crippen molar-refractivity contribution in [2.75, 3.05) is 26.7 Å². The van der Waals surface area contributed by atoms with E-state index >= 15 is 4.39 Å². The van der Waals surface area contributed by atoms with Crippen molar-refractivity contribution in [3.05, 3.63) is 70.5 Å².